The van der Waals surface area contributed by atoms with Crippen molar-refractivity contribution in [2.75, 3.05) is 13.1 Å². The number of aliphatic carboxylic acids is 1. The Balaban J connectivity index is 2.37. The van der Waals surface area contributed by atoms with Crippen molar-refractivity contribution in [2.45, 2.75) is 45.1 Å². The molecule has 5 nitrogen and oxygen atoms in total. The Kier molecular flexibility index (Phi) is 5.41. The van der Waals surface area contributed by atoms with E-state index in [1.54, 1.807) is 4.90 Å². The van der Waals surface area contributed by atoms with Crippen molar-refractivity contribution in [3.63, 3.8) is 0 Å². The third kappa shape index (κ3) is 5.17. The van der Waals surface area contributed by atoms with E-state index < -0.39 is 5.97 Å². The zero-order valence-electron chi connectivity index (χ0n) is 10.4. The van der Waals surface area contributed by atoms with E-state index in [0.717, 1.165) is 19.4 Å². The van der Waals surface area contributed by atoms with Gasteiger partial charge in [-0.25, -0.2) is 0 Å². The first-order valence-corrected chi connectivity index (χ1v) is 6.24. The second-order valence-corrected chi connectivity index (χ2v) is 4.96. The number of nitrogens with two attached hydrogens (primary N) is 1. The second kappa shape index (κ2) is 6.59. The Morgan fingerprint density at radius 3 is 2.82 bits per heavy atom. The summed E-state index contributed by atoms with van der Waals surface area (Å²) in [5, 5.41) is 8.75. The highest BCUT2D eigenvalue weighted by molar-refractivity contribution is 5.76. The van der Waals surface area contributed by atoms with E-state index in [1.165, 1.54) is 0 Å². The van der Waals surface area contributed by atoms with E-state index in [2.05, 4.69) is 0 Å². The van der Waals surface area contributed by atoms with E-state index in [0.29, 0.717) is 19.4 Å². The van der Waals surface area contributed by atoms with Gasteiger partial charge in [0, 0.05) is 32.0 Å². The van der Waals surface area contributed by atoms with Crippen molar-refractivity contribution in [3.05, 3.63) is 0 Å². The molecule has 0 saturated carbocycles. The molecule has 0 aromatic heterocycles. The summed E-state index contributed by atoms with van der Waals surface area (Å²) in [7, 11) is 0. The van der Waals surface area contributed by atoms with Gasteiger partial charge in [-0.1, -0.05) is 0 Å². The van der Waals surface area contributed by atoms with Crippen LogP contribution < -0.4 is 5.73 Å². The highest BCUT2D eigenvalue weighted by Crippen LogP contribution is 2.20. The van der Waals surface area contributed by atoms with Gasteiger partial charge in [0.2, 0.25) is 5.91 Å². The summed E-state index contributed by atoms with van der Waals surface area (Å²) < 4.78 is 0. The molecule has 0 aromatic rings. The van der Waals surface area contributed by atoms with E-state index in [9.17, 15) is 9.59 Å². The SMILES string of the molecule is CC(N)CCC(=O)N1CCCC(CC(=O)O)C1. The molecule has 2 unspecified atom stereocenters. The number of hydrogen-bond donors (Lipinski definition) is 2. The molecule has 0 aromatic carbocycles. The molecule has 1 amide bonds. The Bertz CT molecular complexity index is 279. The fourth-order valence-corrected chi connectivity index (χ4v) is 2.21. The number of likely N-dealkylation sites (tertiary alicyclic amines) is 1. The van der Waals surface area contributed by atoms with Crippen molar-refractivity contribution >= 4 is 11.9 Å². The molecule has 1 saturated heterocycles. The Labute approximate surface area is 102 Å². The van der Waals surface area contributed by atoms with E-state index in [-0.39, 0.29) is 24.3 Å². The van der Waals surface area contributed by atoms with Gasteiger partial charge >= 0.3 is 5.97 Å². The van der Waals surface area contributed by atoms with Crippen LogP contribution in [0.15, 0.2) is 0 Å². The average molecular weight is 242 g/mol. The third-order valence-electron chi connectivity index (χ3n) is 3.15. The molecule has 5 heteroatoms. The number of piperidine rings is 1. The lowest BCUT2D eigenvalue weighted by Crippen LogP contribution is -2.40. The number of rotatable bonds is 5. The van der Waals surface area contributed by atoms with Gasteiger partial charge in [0.15, 0.2) is 0 Å². The molecule has 1 aliphatic heterocycles. The van der Waals surface area contributed by atoms with Crippen LogP contribution in [0.5, 0.6) is 0 Å². The monoisotopic (exact) mass is 242 g/mol. The Morgan fingerprint density at radius 1 is 1.53 bits per heavy atom. The normalized spacial score (nSPS) is 22.2. The van der Waals surface area contributed by atoms with Gasteiger partial charge < -0.3 is 15.7 Å². The van der Waals surface area contributed by atoms with Crippen molar-refractivity contribution in [3.8, 4) is 0 Å². The molecule has 0 radical (unpaired) electrons. The summed E-state index contributed by atoms with van der Waals surface area (Å²) in [5.41, 5.74) is 5.61. The largest absolute Gasteiger partial charge is 0.481 e. The van der Waals surface area contributed by atoms with Crippen LogP contribution in [0, 0.1) is 5.92 Å². The molecule has 1 heterocycles. The van der Waals surface area contributed by atoms with Crippen molar-refractivity contribution in [1.29, 1.82) is 0 Å². The topological polar surface area (TPSA) is 83.6 Å². The molecule has 98 valence electrons. The van der Waals surface area contributed by atoms with Crippen molar-refractivity contribution in [2.24, 2.45) is 11.7 Å². The molecule has 1 rings (SSSR count). The zero-order valence-corrected chi connectivity index (χ0v) is 10.4. The van der Waals surface area contributed by atoms with Gasteiger partial charge in [0.1, 0.15) is 0 Å². The zero-order chi connectivity index (χ0) is 12.8. The average Bonchev–Trinajstić information content (AvgIpc) is 2.25. The van der Waals surface area contributed by atoms with E-state index >= 15 is 0 Å². The molecular weight excluding hydrogens is 220 g/mol. The van der Waals surface area contributed by atoms with Gasteiger partial charge in [-0.05, 0) is 32.1 Å². The van der Waals surface area contributed by atoms with Crippen LogP contribution in [-0.2, 0) is 9.59 Å². The van der Waals surface area contributed by atoms with Crippen LogP contribution in [0.3, 0.4) is 0 Å². The quantitative estimate of drug-likeness (QED) is 0.748. The van der Waals surface area contributed by atoms with E-state index in [4.69, 9.17) is 10.8 Å². The summed E-state index contributed by atoms with van der Waals surface area (Å²) in [6, 6.07) is 0.0403. The van der Waals surface area contributed by atoms with Crippen LogP contribution in [0.2, 0.25) is 0 Å². The van der Waals surface area contributed by atoms with Gasteiger partial charge in [0.25, 0.3) is 0 Å². The van der Waals surface area contributed by atoms with Crippen LogP contribution >= 0.6 is 0 Å². The predicted octanol–water partition coefficient (Wildman–Crippen LogP) is 0.827. The minimum Gasteiger partial charge on any atom is -0.481 e. The number of nitrogens with zero attached hydrogens (tertiary/aromatic N) is 1. The first-order valence-electron chi connectivity index (χ1n) is 6.24. The lowest BCUT2D eigenvalue weighted by molar-refractivity contribution is -0.140. The van der Waals surface area contributed by atoms with Crippen LogP contribution in [0.1, 0.15) is 39.0 Å². The maximum absolute atomic E-state index is 11.9. The van der Waals surface area contributed by atoms with Crippen LogP contribution in [0.25, 0.3) is 0 Å². The fourth-order valence-electron chi connectivity index (χ4n) is 2.21. The molecule has 0 aliphatic carbocycles. The first kappa shape index (κ1) is 14.0. The molecular formula is C12H22N2O3. The first-order chi connectivity index (χ1) is 7.99. The third-order valence-corrected chi connectivity index (χ3v) is 3.15. The standard InChI is InChI=1S/C12H22N2O3/c1-9(13)4-5-11(15)14-6-2-3-10(8-14)7-12(16)17/h9-10H,2-8,13H2,1H3,(H,16,17). The van der Waals surface area contributed by atoms with Gasteiger partial charge in [-0.3, -0.25) is 9.59 Å². The summed E-state index contributed by atoms with van der Waals surface area (Å²) in [6.07, 6.45) is 3.14. The molecule has 1 aliphatic rings. The van der Waals surface area contributed by atoms with Gasteiger partial charge in [-0.2, -0.15) is 0 Å². The molecule has 17 heavy (non-hydrogen) atoms. The Morgan fingerprint density at radius 2 is 2.24 bits per heavy atom. The molecule has 3 N–H and O–H groups in total. The lowest BCUT2D eigenvalue weighted by atomic mass is 9.94. The fraction of sp³-hybridized carbons (Fsp3) is 0.833. The highest BCUT2D eigenvalue weighted by Gasteiger charge is 2.24. The summed E-state index contributed by atoms with van der Waals surface area (Å²) >= 11 is 0. The van der Waals surface area contributed by atoms with Crippen molar-refractivity contribution in [1.82, 2.24) is 4.90 Å². The number of carbonyl (C=O) groups is 2. The number of amides is 1. The minimum atomic E-state index is -0.778. The molecule has 0 spiro atoms. The number of carboxylic acid groups (broad SMARTS) is 1. The molecule has 2 atom stereocenters. The van der Waals surface area contributed by atoms with Crippen molar-refractivity contribution < 1.29 is 14.7 Å². The smallest absolute Gasteiger partial charge is 0.303 e. The summed E-state index contributed by atoms with van der Waals surface area (Å²) in [4.78, 5) is 24.3. The summed E-state index contributed by atoms with van der Waals surface area (Å²) in [6.45, 7) is 3.23. The maximum Gasteiger partial charge on any atom is 0.303 e. The highest BCUT2D eigenvalue weighted by atomic mass is 16.4. The van der Waals surface area contributed by atoms with Crippen LogP contribution in [-0.4, -0.2) is 41.0 Å². The summed E-state index contributed by atoms with van der Waals surface area (Å²) in [5.74, 6) is -0.558. The minimum absolute atomic E-state index is 0.0403. The van der Waals surface area contributed by atoms with E-state index in [1.807, 2.05) is 6.92 Å². The molecule has 0 bridgehead atoms. The molecule has 1 fully saturated rings. The second-order valence-electron chi connectivity index (χ2n) is 4.96. The number of carbonyl (C=O) groups excluding carboxylic acids is 1. The van der Waals surface area contributed by atoms with Gasteiger partial charge in [-0.15, -0.1) is 0 Å². The lowest BCUT2D eigenvalue weighted by Gasteiger charge is -2.32. The number of hydrogen-bond acceptors (Lipinski definition) is 3. The Hall–Kier alpha value is -1.10. The maximum atomic E-state index is 11.9. The number of carboxylic acids is 1. The van der Waals surface area contributed by atoms with Crippen LogP contribution in [0.4, 0.5) is 0 Å². The van der Waals surface area contributed by atoms with Gasteiger partial charge in [0.05, 0.1) is 0 Å². The predicted molar refractivity (Wildman–Crippen MR) is 64.4 cm³/mol.